The molecule has 0 aliphatic carbocycles. The second-order valence-corrected chi connectivity index (χ2v) is 7.00. The second kappa shape index (κ2) is 7.69. The van der Waals surface area contributed by atoms with Gasteiger partial charge in [-0.15, -0.1) is 0 Å². The molecular weight excluding hydrogens is 326 g/mol. The lowest BCUT2D eigenvalue weighted by molar-refractivity contribution is -0.384. The van der Waals surface area contributed by atoms with E-state index in [2.05, 4.69) is 4.90 Å². The molecule has 1 aromatic rings. The summed E-state index contributed by atoms with van der Waals surface area (Å²) in [6.07, 6.45) is -0.349. The lowest BCUT2D eigenvalue weighted by atomic mass is 10.1. The number of ether oxygens (including phenoxy) is 2. The van der Waals surface area contributed by atoms with Crippen molar-refractivity contribution in [2.75, 3.05) is 38.3 Å². The van der Waals surface area contributed by atoms with Crippen LogP contribution >= 0.6 is 0 Å². The van der Waals surface area contributed by atoms with E-state index in [4.69, 9.17) is 9.47 Å². The predicted molar refractivity (Wildman–Crippen MR) is 93.9 cm³/mol. The highest BCUT2D eigenvalue weighted by molar-refractivity contribution is 5.69. The average Bonchev–Trinajstić information content (AvgIpc) is 2.53. The molecule has 1 atom stereocenters. The lowest BCUT2D eigenvalue weighted by Crippen LogP contribution is -2.57. The molecule has 0 radical (unpaired) electrons. The van der Waals surface area contributed by atoms with Gasteiger partial charge in [-0.2, -0.15) is 0 Å². The summed E-state index contributed by atoms with van der Waals surface area (Å²) in [5.41, 5.74) is 0.393. The molecule has 0 saturated carbocycles. The van der Waals surface area contributed by atoms with Crippen molar-refractivity contribution >= 4 is 17.5 Å². The molecule has 8 heteroatoms. The first-order valence-electron chi connectivity index (χ1n) is 8.19. The van der Waals surface area contributed by atoms with Gasteiger partial charge in [0.25, 0.3) is 5.69 Å². The highest BCUT2D eigenvalue weighted by atomic mass is 16.6. The van der Waals surface area contributed by atoms with Gasteiger partial charge in [0.05, 0.1) is 17.6 Å². The number of methoxy groups -OCH3 is 1. The van der Waals surface area contributed by atoms with Crippen molar-refractivity contribution in [2.24, 2.45) is 0 Å². The standard InChI is InChI=1S/C17H25N3O5/c1-17(2,3)25-16(21)19-10-9-18(11-15(19)12-24-4)13-5-7-14(8-6-13)20(22)23/h5-8,15H,9-12H2,1-4H3. The molecule has 1 heterocycles. The first-order chi connectivity index (χ1) is 11.7. The maximum absolute atomic E-state index is 12.4. The van der Waals surface area contributed by atoms with Crippen LogP contribution in [0.5, 0.6) is 0 Å². The molecule has 138 valence electrons. The molecule has 1 aliphatic heterocycles. The molecule has 0 spiro atoms. The molecule has 1 fully saturated rings. The Balaban J connectivity index is 2.09. The number of rotatable bonds is 4. The van der Waals surface area contributed by atoms with Crippen LogP contribution in [0.3, 0.4) is 0 Å². The minimum Gasteiger partial charge on any atom is -0.444 e. The van der Waals surface area contributed by atoms with Crippen molar-refractivity contribution in [2.45, 2.75) is 32.4 Å². The Morgan fingerprint density at radius 2 is 1.92 bits per heavy atom. The monoisotopic (exact) mass is 351 g/mol. The van der Waals surface area contributed by atoms with Crippen LogP contribution in [-0.2, 0) is 9.47 Å². The largest absolute Gasteiger partial charge is 0.444 e. The van der Waals surface area contributed by atoms with E-state index >= 15 is 0 Å². The minimum atomic E-state index is -0.551. The van der Waals surface area contributed by atoms with Crippen molar-refractivity contribution in [1.82, 2.24) is 4.90 Å². The second-order valence-electron chi connectivity index (χ2n) is 7.00. The maximum Gasteiger partial charge on any atom is 0.410 e. The number of piperazine rings is 1. The summed E-state index contributed by atoms with van der Waals surface area (Å²) in [6, 6.07) is 6.28. The molecular formula is C17H25N3O5. The van der Waals surface area contributed by atoms with Crippen molar-refractivity contribution in [1.29, 1.82) is 0 Å². The molecule has 1 aromatic carbocycles. The molecule has 0 bridgehead atoms. The van der Waals surface area contributed by atoms with Crippen LogP contribution in [0.25, 0.3) is 0 Å². The number of nitro groups is 1. The Morgan fingerprint density at radius 1 is 1.28 bits per heavy atom. The predicted octanol–water partition coefficient (Wildman–Crippen LogP) is 2.67. The van der Waals surface area contributed by atoms with Crippen LogP contribution < -0.4 is 4.90 Å². The van der Waals surface area contributed by atoms with E-state index < -0.39 is 10.5 Å². The summed E-state index contributed by atoms with van der Waals surface area (Å²) >= 11 is 0. The molecule has 1 unspecified atom stereocenters. The topological polar surface area (TPSA) is 85.2 Å². The number of hydrogen-bond donors (Lipinski definition) is 0. The fraction of sp³-hybridized carbons (Fsp3) is 0.588. The molecule has 0 N–H and O–H groups in total. The number of carbonyl (C=O) groups is 1. The zero-order chi connectivity index (χ0) is 18.6. The summed E-state index contributed by atoms with van der Waals surface area (Å²) in [5.74, 6) is 0. The van der Waals surface area contributed by atoms with Crippen LogP contribution in [0.2, 0.25) is 0 Å². The maximum atomic E-state index is 12.4. The number of nitrogens with zero attached hydrogens (tertiary/aromatic N) is 3. The number of amides is 1. The zero-order valence-corrected chi connectivity index (χ0v) is 15.1. The van der Waals surface area contributed by atoms with Crippen LogP contribution in [0, 0.1) is 10.1 Å². The summed E-state index contributed by atoms with van der Waals surface area (Å²) in [4.78, 5) is 26.6. The van der Waals surface area contributed by atoms with Gasteiger partial charge < -0.3 is 14.4 Å². The van der Waals surface area contributed by atoms with Crippen molar-refractivity contribution in [3.63, 3.8) is 0 Å². The van der Waals surface area contributed by atoms with Gasteiger partial charge in [-0.25, -0.2) is 4.79 Å². The van der Waals surface area contributed by atoms with Gasteiger partial charge in [0.2, 0.25) is 0 Å². The van der Waals surface area contributed by atoms with Gasteiger partial charge in [-0.05, 0) is 32.9 Å². The van der Waals surface area contributed by atoms with E-state index in [-0.39, 0.29) is 17.8 Å². The number of hydrogen-bond acceptors (Lipinski definition) is 6. The Bertz CT molecular complexity index is 612. The summed E-state index contributed by atoms with van der Waals surface area (Å²) in [7, 11) is 1.60. The Hall–Kier alpha value is -2.35. The van der Waals surface area contributed by atoms with Crippen molar-refractivity contribution < 1.29 is 19.2 Å². The van der Waals surface area contributed by atoms with Crippen LogP contribution in [-0.4, -0.2) is 60.9 Å². The van der Waals surface area contributed by atoms with E-state index in [1.807, 2.05) is 20.8 Å². The third-order valence-electron chi connectivity index (χ3n) is 3.90. The van der Waals surface area contributed by atoms with E-state index in [1.54, 1.807) is 24.1 Å². The molecule has 8 nitrogen and oxygen atoms in total. The highest BCUT2D eigenvalue weighted by Gasteiger charge is 2.33. The Morgan fingerprint density at radius 3 is 2.44 bits per heavy atom. The quantitative estimate of drug-likeness (QED) is 0.612. The van der Waals surface area contributed by atoms with E-state index in [1.165, 1.54) is 12.1 Å². The molecule has 2 rings (SSSR count). The van der Waals surface area contributed by atoms with Crippen molar-refractivity contribution in [3.05, 3.63) is 34.4 Å². The van der Waals surface area contributed by atoms with Crippen LogP contribution in [0.4, 0.5) is 16.2 Å². The van der Waals surface area contributed by atoms with Gasteiger partial charge in [0.15, 0.2) is 0 Å². The third kappa shape index (κ3) is 5.06. The van der Waals surface area contributed by atoms with Gasteiger partial charge in [-0.3, -0.25) is 15.0 Å². The van der Waals surface area contributed by atoms with Gasteiger partial charge in [0, 0.05) is 44.6 Å². The zero-order valence-electron chi connectivity index (χ0n) is 15.1. The first-order valence-corrected chi connectivity index (χ1v) is 8.19. The Kier molecular flexibility index (Phi) is 5.84. The number of benzene rings is 1. The fourth-order valence-corrected chi connectivity index (χ4v) is 2.77. The molecule has 1 saturated heterocycles. The van der Waals surface area contributed by atoms with Crippen LogP contribution in [0.1, 0.15) is 20.8 Å². The smallest absolute Gasteiger partial charge is 0.410 e. The Labute approximate surface area is 147 Å². The summed E-state index contributed by atoms with van der Waals surface area (Å²) < 4.78 is 10.7. The molecule has 1 amide bonds. The minimum absolute atomic E-state index is 0.0598. The fourth-order valence-electron chi connectivity index (χ4n) is 2.77. The highest BCUT2D eigenvalue weighted by Crippen LogP contribution is 2.23. The summed E-state index contributed by atoms with van der Waals surface area (Å²) in [6.45, 7) is 7.60. The van der Waals surface area contributed by atoms with Crippen molar-refractivity contribution in [3.8, 4) is 0 Å². The molecule has 1 aliphatic rings. The van der Waals surface area contributed by atoms with Gasteiger partial charge in [0.1, 0.15) is 5.60 Å². The van der Waals surface area contributed by atoms with E-state index in [0.29, 0.717) is 26.2 Å². The number of carbonyl (C=O) groups excluding carboxylic acids is 1. The lowest BCUT2D eigenvalue weighted by Gasteiger charge is -2.42. The number of nitro benzene ring substituents is 1. The van der Waals surface area contributed by atoms with Crippen LogP contribution in [0.15, 0.2) is 24.3 Å². The van der Waals surface area contributed by atoms with Gasteiger partial charge in [-0.1, -0.05) is 0 Å². The number of anilines is 1. The average molecular weight is 351 g/mol. The number of non-ortho nitro benzene ring substituents is 1. The third-order valence-corrected chi connectivity index (χ3v) is 3.90. The summed E-state index contributed by atoms with van der Waals surface area (Å²) in [5, 5.41) is 10.8. The first kappa shape index (κ1) is 19.0. The molecule has 25 heavy (non-hydrogen) atoms. The van der Waals surface area contributed by atoms with E-state index in [0.717, 1.165) is 5.69 Å². The molecule has 0 aromatic heterocycles. The normalized spacial score (nSPS) is 18.2. The van der Waals surface area contributed by atoms with Gasteiger partial charge >= 0.3 is 6.09 Å². The van der Waals surface area contributed by atoms with E-state index in [9.17, 15) is 14.9 Å². The SMILES string of the molecule is COCC1CN(c2ccc([N+](=O)[O-])cc2)CCN1C(=O)OC(C)(C)C.